The molecule has 0 atom stereocenters. The first-order valence-corrected chi connectivity index (χ1v) is 7.79. The zero-order valence-corrected chi connectivity index (χ0v) is 14.1. The number of anilines is 1. The summed E-state index contributed by atoms with van der Waals surface area (Å²) in [5.41, 5.74) is 2.81. The third-order valence-electron chi connectivity index (χ3n) is 3.69. The molecule has 2 aromatic rings. The normalized spacial score (nSPS) is 12.0. The maximum Gasteiger partial charge on any atom is 0.261 e. The predicted molar refractivity (Wildman–Crippen MR) is 98.4 cm³/mol. The summed E-state index contributed by atoms with van der Waals surface area (Å²) >= 11 is 0. The fourth-order valence-corrected chi connectivity index (χ4v) is 2.49. The minimum Gasteiger partial charge on any atom is -0.322 e. The van der Waals surface area contributed by atoms with Crippen LogP contribution in [0.3, 0.4) is 0 Å². The molecule has 1 N–H and O–H groups in total. The quantitative estimate of drug-likeness (QED) is 0.690. The molecule has 0 unspecified atom stereocenters. The van der Waals surface area contributed by atoms with E-state index >= 15 is 0 Å². The third kappa shape index (κ3) is 4.29. The zero-order valence-electron chi connectivity index (χ0n) is 14.1. The Morgan fingerprint density at radius 1 is 1.08 bits per heavy atom. The van der Waals surface area contributed by atoms with Gasteiger partial charge in [0.1, 0.15) is 17.2 Å². The molecule has 0 aliphatic heterocycles. The fraction of sp³-hybridized carbons (Fsp3) is 0.0952. The number of carbonyl (C=O) groups is 1. The Hall–Kier alpha value is -3.01. The van der Waals surface area contributed by atoms with Gasteiger partial charge in [-0.15, -0.1) is 0 Å². The van der Waals surface area contributed by atoms with Gasteiger partial charge in [0.15, 0.2) is 0 Å². The number of nitrogens with one attached hydrogen (secondary N) is 1. The topological polar surface area (TPSA) is 29.1 Å². The fourth-order valence-electron chi connectivity index (χ4n) is 2.49. The van der Waals surface area contributed by atoms with Gasteiger partial charge in [-0.3, -0.25) is 4.79 Å². The second kappa shape index (κ2) is 8.20. The van der Waals surface area contributed by atoms with E-state index in [1.54, 1.807) is 18.2 Å². The molecule has 0 aromatic heterocycles. The molecule has 0 saturated carbocycles. The Morgan fingerprint density at radius 2 is 1.68 bits per heavy atom. The molecular formula is C21H19F2NO. The molecule has 0 fully saturated rings. The maximum atomic E-state index is 13.7. The van der Waals surface area contributed by atoms with Gasteiger partial charge in [-0.1, -0.05) is 43.0 Å². The monoisotopic (exact) mass is 339 g/mol. The minimum atomic E-state index is -0.895. The lowest BCUT2D eigenvalue weighted by molar-refractivity contribution is 0.101. The summed E-state index contributed by atoms with van der Waals surface area (Å²) in [6.45, 7) is 7.74. The number of amides is 1. The highest BCUT2D eigenvalue weighted by Gasteiger charge is 2.17. The molecule has 0 radical (unpaired) electrons. The summed E-state index contributed by atoms with van der Waals surface area (Å²) in [7, 11) is 0. The Morgan fingerprint density at radius 3 is 2.20 bits per heavy atom. The number of rotatable bonds is 5. The molecule has 2 nitrogen and oxygen atoms in total. The summed E-state index contributed by atoms with van der Waals surface area (Å²) in [6, 6.07) is 10.3. The van der Waals surface area contributed by atoms with Gasteiger partial charge in [0.25, 0.3) is 5.91 Å². The van der Waals surface area contributed by atoms with E-state index in [2.05, 4.69) is 11.9 Å². The van der Waals surface area contributed by atoms with Crippen molar-refractivity contribution in [3.05, 3.63) is 95.6 Å². The van der Waals surface area contributed by atoms with E-state index < -0.39 is 23.1 Å². The van der Waals surface area contributed by atoms with Crippen LogP contribution in [0.1, 0.15) is 29.8 Å². The minimum absolute atomic E-state index is 0.448. The van der Waals surface area contributed by atoms with Crippen molar-refractivity contribution >= 4 is 17.2 Å². The van der Waals surface area contributed by atoms with Gasteiger partial charge in [-0.05, 0) is 54.8 Å². The van der Waals surface area contributed by atoms with E-state index in [1.165, 1.54) is 6.07 Å². The third-order valence-corrected chi connectivity index (χ3v) is 3.69. The van der Waals surface area contributed by atoms with Crippen LogP contribution in [0.5, 0.6) is 0 Å². The van der Waals surface area contributed by atoms with E-state index in [0.29, 0.717) is 5.69 Å². The predicted octanol–water partition coefficient (Wildman–Crippen LogP) is 5.75. The van der Waals surface area contributed by atoms with Crippen molar-refractivity contribution < 1.29 is 13.6 Å². The summed E-state index contributed by atoms with van der Waals surface area (Å²) in [6.07, 6.45) is 5.68. The van der Waals surface area contributed by atoms with E-state index in [-0.39, 0.29) is 0 Å². The second-order valence-electron chi connectivity index (χ2n) is 5.43. The maximum absolute atomic E-state index is 13.7. The van der Waals surface area contributed by atoms with Crippen molar-refractivity contribution in [1.82, 2.24) is 0 Å². The molecule has 1 amide bonds. The largest absolute Gasteiger partial charge is 0.322 e. The van der Waals surface area contributed by atoms with E-state index in [4.69, 9.17) is 0 Å². The molecule has 0 spiro atoms. The average Bonchev–Trinajstić information content (AvgIpc) is 2.57. The number of hydrogen-bond donors (Lipinski definition) is 1. The molecule has 0 aliphatic rings. The number of allylic oxidation sites excluding steroid dienone is 5. The molecule has 2 aromatic carbocycles. The van der Waals surface area contributed by atoms with Gasteiger partial charge < -0.3 is 5.32 Å². The summed E-state index contributed by atoms with van der Waals surface area (Å²) in [4.78, 5) is 12.1. The molecular weight excluding hydrogens is 320 g/mol. The molecule has 4 heteroatoms. The van der Waals surface area contributed by atoms with Crippen LogP contribution in [0.2, 0.25) is 0 Å². The van der Waals surface area contributed by atoms with Crippen LogP contribution in [0, 0.1) is 11.6 Å². The lowest BCUT2D eigenvalue weighted by atomic mass is 10.00. The lowest BCUT2D eigenvalue weighted by Crippen LogP contribution is -2.15. The number of hydrogen-bond acceptors (Lipinski definition) is 1. The molecule has 0 aliphatic carbocycles. The first kappa shape index (κ1) is 18.3. The number of benzene rings is 2. The Balaban J connectivity index is 2.25. The van der Waals surface area contributed by atoms with E-state index in [0.717, 1.165) is 28.8 Å². The van der Waals surface area contributed by atoms with Crippen LogP contribution in [0.4, 0.5) is 14.5 Å². The highest BCUT2D eigenvalue weighted by atomic mass is 19.1. The van der Waals surface area contributed by atoms with Gasteiger partial charge in [-0.25, -0.2) is 8.78 Å². The number of carbonyl (C=O) groups excluding carboxylic acids is 1. The van der Waals surface area contributed by atoms with Crippen LogP contribution in [0.15, 0.2) is 72.8 Å². The van der Waals surface area contributed by atoms with Gasteiger partial charge in [0.05, 0.1) is 0 Å². The van der Waals surface area contributed by atoms with Crippen LogP contribution in [-0.4, -0.2) is 5.91 Å². The van der Waals surface area contributed by atoms with Crippen LogP contribution < -0.4 is 5.32 Å². The Labute approximate surface area is 146 Å². The lowest BCUT2D eigenvalue weighted by Gasteiger charge is -2.09. The van der Waals surface area contributed by atoms with Crippen molar-refractivity contribution in [2.75, 3.05) is 5.32 Å². The van der Waals surface area contributed by atoms with E-state index in [1.807, 2.05) is 38.1 Å². The van der Waals surface area contributed by atoms with Crippen LogP contribution in [-0.2, 0) is 0 Å². The molecule has 0 bridgehead atoms. The van der Waals surface area contributed by atoms with Crippen molar-refractivity contribution in [2.45, 2.75) is 13.8 Å². The van der Waals surface area contributed by atoms with Gasteiger partial charge in [-0.2, -0.15) is 0 Å². The summed E-state index contributed by atoms with van der Waals surface area (Å²) in [5, 5.41) is 2.50. The zero-order chi connectivity index (χ0) is 18.4. The second-order valence-corrected chi connectivity index (χ2v) is 5.43. The van der Waals surface area contributed by atoms with E-state index in [9.17, 15) is 13.6 Å². The average molecular weight is 339 g/mol. The van der Waals surface area contributed by atoms with Gasteiger partial charge in [0.2, 0.25) is 0 Å². The van der Waals surface area contributed by atoms with Crippen molar-refractivity contribution in [3.63, 3.8) is 0 Å². The Bertz CT molecular complexity index is 828. The molecule has 0 saturated heterocycles. The SMILES string of the molecule is C=C/C(=C(C)\C=C/C)c1ccc(NC(=O)c2c(F)cccc2F)cc1. The molecule has 128 valence electrons. The van der Waals surface area contributed by atoms with Crippen LogP contribution >= 0.6 is 0 Å². The highest BCUT2D eigenvalue weighted by molar-refractivity contribution is 6.04. The molecule has 0 heterocycles. The van der Waals surface area contributed by atoms with Crippen LogP contribution in [0.25, 0.3) is 5.57 Å². The first-order chi connectivity index (χ1) is 12.0. The smallest absolute Gasteiger partial charge is 0.261 e. The highest BCUT2D eigenvalue weighted by Crippen LogP contribution is 2.23. The van der Waals surface area contributed by atoms with Gasteiger partial charge in [0, 0.05) is 5.69 Å². The summed E-state index contributed by atoms with van der Waals surface area (Å²) < 4.78 is 27.3. The first-order valence-electron chi connectivity index (χ1n) is 7.79. The molecule has 2 rings (SSSR count). The van der Waals surface area contributed by atoms with Crippen molar-refractivity contribution in [3.8, 4) is 0 Å². The van der Waals surface area contributed by atoms with Gasteiger partial charge >= 0.3 is 0 Å². The standard InChI is InChI=1S/C21H19F2NO/c1-4-7-14(3)17(5-2)15-10-12-16(13-11-15)24-21(25)20-18(22)8-6-9-19(20)23/h4-13H,2H2,1,3H3,(H,24,25)/b7-4-,17-14+. The molecule has 25 heavy (non-hydrogen) atoms. The van der Waals surface area contributed by atoms with Crippen molar-refractivity contribution in [1.29, 1.82) is 0 Å². The Kier molecular flexibility index (Phi) is 6.01. The van der Waals surface area contributed by atoms with Crippen molar-refractivity contribution in [2.24, 2.45) is 0 Å². The summed E-state index contributed by atoms with van der Waals surface area (Å²) in [5.74, 6) is -2.62. The number of halogens is 2.